The quantitative estimate of drug-likeness (QED) is 0.766. The highest BCUT2D eigenvalue weighted by Gasteiger charge is 2.38. The molecule has 0 saturated heterocycles. The molecular weight excluding hydrogens is 266 g/mol. The fourth-order valence-electron chi connectivity index (χ4n) is 3.21. The van der Waals surface area contributed by atoms with Gasteiger partial charge in [0, 0.05) is 22.6 Å². The van der Waals surface area contributed by atoms with Gasteiger partial charge in [-0.25, -0.2) is 0 Å². The van der Waals surface area contributed by atoms with Gasteiger partial charge in [-0.2, -0.15) is 0 Å². The monoisotopic (exact) mass is 301 g/mol. The van der Waals surface area contributed by atoms with E-state index in [0.29, 0.717) is 16.7 Å². The number of rotatable bonds is 7. The molecule has 0 bridgehead atoms. The molecule has 4 atom stereocenters. The molecule has 4 unspecified atom stereocenters. The van der Waals surface area contributed by atoms with Gasteiger partial charge in [0.15, 0.2) is 0 Å². The van der Waals surface area contributed by atoms with Crippen molar-refractivity contribution in [3.05, 3.63) is 0 Å². The zero-order valence-electron chi connectivity index (χ0n) is 14.2. The summed E-state index contributed by atoms with van der Waals surface area (Å²) in [7, 11) is -0.658. The first-order valence-electron chi connectivity index (χ1n) is 8.50. The Balaban J connectivity index is 2.69. The van der Waals surface area contributed by atoms with Gasteiger partial charge in [0.1, 0.15) is 0 Å². The maximum absolute atomic E-state index is 12.7. The molecule has 1 fully saturated rings. The molecule has 0 amide bonds. The molecule has 0 aromatic carbocycles. The fraction of sp³-hybridized carbons (Fsp3) is 1.00. The van der Waals surface area contributed by atoms with Crippen LogP contribution in [0.2, 0.25) is 0 Å². The van der Waals surface area contributed by atoms with E-state index in [0.717, 1.165) is 43.9 Å². The molecule has 0 aromatic rings. The first-order chi connectivity index (χ1) is 9.40. The van der Waals surface area contributed by atoms with Gasteiger partial charge in [0.2, 0.25) is 0 Å². The minimum Gasteiger partial charge on any atom is -0.313 e. The van der Waals surface area contributed by atoms with Crippen molar-refractivity contribution in [1.29, 1.82) is 0 Å². The average molecular weight is 302 g/mol. The van der Waals surface area contributed by atoms with Crippen molar-refractivity contribution in [2.24, 2.45) is 11.3 Å². The van der Waals surface area contributed by atoms with Crippen LogP contribution < -0.4 is 5.32 Å². The van der Waals surface area contributed by atoms with Crippen molar-refractivity contribution >= 4 is 10.8 Å². The Hall–Kier alpha value is 0.110. The summed E-state index contributed by atoms with van der Waals surface area (Å²) in [6.07, 6.45) is 7.03. The topological polar surface area (TPSA) is 29.1 Å². The van der Waals surface area contributed by atoms with Crippen LogP contribution in [0.3, 0.4) is 0 Å². The Morgan fingerprint density at radius 2 is 1.85 bits per heavy atom. The molecule has 0 aliphatic heterocycles. The number of hydrogen-bond donors (Lipinski definition) is 1. The Morgan fingerprint density at radius 3 is 2.40 bits per heavy atom. The molecule has 1 rings (SSSR count). The van der Waals surface area contributed by atoms with E-state index in [1.54, 1.807) is 0 Å². The van der Waals surface area contributed by atoms with Crippen LogP contribution in [-0.2, 0) is 10.8 Å². The van der Waals surface area contributed by atoms with E-state index < -0.39 is 10.8 Å². The third kappa shape index (κ3) is 5.48. The Labute approximate surface area is 128 Å². The predicted octanol–water partition coefficient (Wildman–Crippen LogP) is 4.12. The van der Waals surface area contributed by atoms with E-state index in [1.165, 1.54) is 12.8 Å². The van der Waals surface area contributed by atoms with Crippen molar-refractivity contribution < 1.29 is 4.21 Å². The van der Waals surface area contributed by atoms with Crippen LogP contribution in [0.1, 0.15) is 73.1 Å². The van der Waals surface area contributed by atoms with Crippen molar-refractivity contribution in [2.75, 3.05) is 12.3 Å². The molecule has 1 N–H and O–H groups in total. The summed E-state index contributed by atoms with van der Waals surface area (Å²) in [5.41, 5.74) is 0.350. The van der Waals surface area contributed by atoms with Gasteiger partial charge in [-0.05, 0) is 50.0 Å². The molecular formula is C17H35NOS. The summed E-state index contributed by atoms with van der Waals surface area (Å²) in [5.74, 6) is 1.61. The average Bonchev–Trinajstić information content (AvgIpc) is 2.41. The molecule has 3 heteroatoms. The number of unbranched alkanes of at least 4 members (excludes halogenated alkanes) is 1. The molecule has 2 nitrogen and oxygen atoms in total. The summed E-state index contributed by atoms with van der Waals surface area (Å²) in [6, 6.07) is 0.478. The van der Waals surface area contributed by atoms with Gasteiger partial charge < -0.3 is 5.32 Å². The molecule has 0 aromatic heterocycles. The molecule has 0 heterocycles. The van der Waals surface area contributed by atoms with Crippen molar-refractivity contribution in [3.63, 3.8) is 0 Å². The fourth-order valence-corrected chi connectivity index (χ4v) is 5.13. The van der Waals surface area contributed by atoms with E-state index in [1.807, 2.05) is 0 Å². The van der Waals surface area contributed by atoms with Crippen LogP contribution in [0.15, 0.2) is 0 Å². The Kier molecular flexibility index (Phi) is 7.74. The van der Waals surface area contributed by atoms with Crippen molar-refractivity contribution in [1.82, 2.24) is 5.32 Å². The molecule has 20 heavy (non-hydrogen) atoms. The minimum atomic E-state index is -0.658. The summed E-state index contributed by atoms with van der Waals surface area (Å²) in [4.78, 5) is 0. The normalized spacial score (nSPS) is 29.4. The van der Waals surface area contributed by atoms with Gasteiger partial charge in [-0.1, -0.05) is 41.0 Å². The maximum Gasteiger partial charge on any atom is 0.0504 e. The maximum atomic E-state index is 12.7. The van der Waals surface area contributed by atoms with E-state index in [-0.39, 0.29) is 0 Å². The van der Waals surface area contributed by atoms with E-state index in [2.05, 4.69) is 39.9 Å². The second-order valence-corrected chi connectivity index (χ2v) is 9.19. The molecule has 120 valence electrons. The first-order valence-corrected chi connectivity index (χ1v) is 9.88. The lowest BCUT2D eigenvalue weighted by Gasteiger charge is -2.41. The second kappa shape index (κ2) is 8.53. The summed E-state index contributed by atoms with van der Waals surface area (Å²) < 4.78 is 12.7. The third-order valence-corrected chi connectivity index (χ3v) is 6.60. The third-order valence-electron chi connectivity index (χ3n) is 4.71. The highest BCUT2D eigenvalue weighted by Crippen LogP contribution is 2.39. The van der Waals surface area contributed by atoms with Gasteiger partial charge in [-0.15, -0.1) is 0 Å². The molecule has 1 saturated carbocycles. The predicted molar refractivity (Wildman–Crippen MR) is 90.6 cm³/mol. The second-order valence-electron chi connectivity index (χ2n) is 7.41. The molecule has 0 spiro atoms. The number of hydrogen-bond acceptors (Lipinski definition) is 2. The lowest BCUT2D eigenvalue weighted by atomic mass is 9.71. The van der Waals surface area contributed by atoms with Crippen LogP contribution in [0.25, 0.3) is 0 Å². The highest BCUT2D eigenvalue weighted by atomic mass is 32.2. The number of nitrogens with one attached hydrogen (secondary N) is 1. The smallest absolute Gasteiger partial charge is 0.0504 e. The van der Waals surface area contributed by atoms with Crippen molar-refractivity contribution in [3.8, 4) is 0 Å². The van der Waals surface area contributed by atoms with E-state index >= 15 is 0 Å². The zero-order valence-corrected chi connectivity index (χ0v) is 15.0. The molecule has 1 aliphatic rings. The molecule has 0 radical (unpaired) electrons. The SMILES string of the molecule is CCCCS(=O)C1CC(C(C)(C)C)CCC1NCCC. The summed E-state index contributed by atoms with van der Waals surface area (Å²) >= 11 is 0. The highest BCUT2D eigenvalue weighted by molar-refractivity contribution is 7.85. The van der Waals surface area contributed by atoms with Gasteiger partial charge in [-0.3, -0.25) is 4.21 Å². The van der Waals surface area contributed by atoms with Crippen LogP contribution in [0.4, 0.5) is 0 Å². The summed E-state index contributed by atoms with van der Waals surface area (Å²) in [6.45, 7) is 12.5. The standard InChI is InChI=1S/C17H35NOS/c1-6-8-12-20(19)16-13-14(17(3,4)5)9-10-15(16)18-11-7-2/h14-16,18H,6-13H2,1-5H3. The van der Waals surface area contributed by atoms with Gasteiger partial charge >= 0.3 is 0 Å². The Bertz CT molecular complexity index is 298. The van der Waals surface area contributed by atoms with E-state index in [4.69, 9.17) is 0 Å². The minimum absolute atomic E-state index is 0.350. The van der Waals surface area contributed by atoms with Crippen molar-refractivity contribution in [2.45, 2.75) is 84.4 Å². The van der Waals surface area contributed by atoms with Gasteiger partial charge in [0.05, 0.1) is 5.25 Å². The van der Waals surface area contributed by atoms with Crippen LogP contribution in [0, 0.1) is 11.3 Å². The largest absolute Gasteiger partial charge is 0.313 e. The summed E-state index contributed by atoms with van der Waals surface area (Å²) in [5, 5.41) is 4.02. The molecule has 1 aliphatic carbocycles. The lowest BCUT2D eigenvalue weighted by Crippen LogP contribution is -2.48. The van der Waals surface area contributed by atoms with Crippen LogP contribution in [0.5, 0.6) is 0 Å². The first kappa shape index (κ1) is 18.2. The zero-order chi connectivity index (χ0) is 15.2. The Morgan fingerprint density at radius 1 is 1.15 bits per heavy atom. The van der Waals surface area contributed by atoms with Gasteiger partial charge in [0.25, 0.3) is 0 Å². The van der Waals surface area contributed by atoms with Crippen LogP contribution >= 0.6 is 0 Å². The van der Waals surface area contributed by atoms with Crippen LogP contribution in [-0.4, -0.2) is 27.8 Å². The van der Waals surface area contributed by atoms with E-state index in [9.17, 15) is 4.21 Å². The lowest BCUT2D eigenvalue weighted by molar-refractivity contribution is 0.163.